The fourth-order valence-electron chi connectivity index (χ4n) is 3.11. The fraction of sp³-hybridized carbons (Fsp3) is 0.105. The molecule has 0 bridgehead atoms. The standard InChI is InChI=1S/C19H15N.2ClH/c1-2-6-17-16(4-1)13-19-15(5-3-7-18(17)19)12-14-8-10-20-11-9-14;;/h1-11H,12-13H2;2*1H. The van der Waals surface area contributed by atoms with Gasteiger partial charge in [-0.05, 0) is 58.4 Å². The molecule has 1 nitrogen and oxygen atoms in total. The second-order valence-corrected chi connectivity index (χ2v) is 5.31. The maximum atomic E-state index is 4.09. The molecule has 0 saturated carbocycles. The van der Waals surface area contributed by atoms with Crippen LogP contribution in [0.2, 0.25) is 0 Å². The van der Waals surface area contributed by atoms with Crippen molar-refractivity contribution in [1.29, 1.82) is 0 Å². The number of halogens is 2. The van der Waals surface area contributed by atoms with Crippen molar-refractivity contribution in [2.75, 3.05) is 0 Å². The lowest BCUT2D eigenvalue weighted by molar-refractivity contribution is 1.11. The normalized spacial score (nSPS) is 10.9. The summed E-state index contributed by atoms with van der Waals surface area (Å²) in [5.74, 6) is 0. The van der Waals surface area contributed by atoms with Gasteiger partial charge in [0, 0.05) is 12.4 Å². The van der Waals surface area contributed by atoms with E-state index >= 15 is 0 Å². The molecule has 0 spiro atoms. The number of rotatable bonds is 2. The quantitative estimate of drug-likeness (QED) is 0.499. The van der Waals surface area contributed by atoms with E-state index in [2.05, 4.69) is 59.6 Å². The molecule has 0 atom stereocenters. The molecule has 0 N–H and O–H groups in total. The molecule has 3 heteroatoms. The van der Waals surface area contributed by atoms with E-state index in [1.54, 1.807) is 0 Å². The predicted octanol–water partition coefficient (Wildman–Crippen LogP) is 5.09. The van der Waals surface area contributed by atoms with E-state index < -0.39 is 0 Å². The van der Waals surface area contributed by atoms with Crippen molar-refractivity contribution >= 4 is 24.8 Å². The highest BCUT2D eigenvalue weighted by Crippen LogP contribution is 2.38. The van der Waals surface area contributed by atoms with Gasteiger partial charge in [-0.1, -0.05) is 42.5 Å². The van der Waals surface area contributed by atoms with E-state index in [9.17, 15) is 0 Å². The summed E-state index contributed by atoms with van der Waals surface area (Å²) < 4.78 is 0. The maximum Gasteiger partial charge on any atom is 0.0270 e. The molecule has 3 aromatic rings. The zero-order chi connectivity index (χ0) is 13.4. The minimum Gasteiger partial charge on any atom is -0.265 e. The zero-order valence-corrected chi connectivity index (χ0v) is 13.7. The monoisotopic (exact) mass is 329 g/mol. The average Bonchev–Trinajstić information content (AvgIpc) is 2.88. The van der Waals surface area contributed by atoms with E-state index in [4.69, 9.17) is 0 Å². The van der Waals surface area contributed by atoms with Crippen LogP contribution in [0.3, 0.4) is 0 Å². The zero-order valence-electron chi connectivity index (χ0n) is 12.0. The van der Waals surface area contributed by atoms with Crippen molar-refractivity contribution < 1.29 is 0 Å². The highest BCUT2D eigenvalue weighted by atomic mass is 35.5. The largest absolute Gasteiger partial charge is 0.265 e. The Bertz CT molecular complexity index is 769. The second kappa shape index (κ2) is 6.95. The first-order chi connectivity index (χ1) is 9.92. The molecule has 112 valence electrons. The molecule has 22 heavy (non-hydrogen) atoms. The van der Waals surface area contributed by atoms with Crippen molar-refractivity contribution in [2.45, 2.75) is 12.8 Å². The van der Waals surface area contributed by atoms with Crippen LogP contribution in [0.5, 0.6) is 0 Å². The Labute approximate surface area is 143 Å². The van der Waals surface area contributed by atoms with E-state index in [1.807, 2.05) is 12.4 Å². The third-order valence-corrected chi connectivity index (χ3v) is 4.09. The lowest BCUT2D eigenvalue weighted by Gasteiger charge is -2.08. The van der Waals surface area contributed by atoms with Crippen molar-refractivity contribution in [1.82, 2.24) is 4.98 Å². The summed E-state index contributed by atoms with van der Waals surface area (Å²) in [5, 5.41) is 0. The Balaban J connectivity index is 0.000000882. The van der Waals surface area contributed by atoms with Gasteiger partial charge in [-0.2, -0.15) is 0 Å². The van der Waals surface area contributed by atoms with Gasteiger partial charge in [-0.3, -0.25) is 4.98 Å². The second-order valence-electron chi connectivity index (χ2n) is 5.31. The summed E-state index contributed by atoms with van der Waals surface area (Å²) in [6.45, 7) is 0. The Kier molecular flexibility index (Phi) is 5.23. The Hall–Kier alpha value is -1.83. The van der Waals surface area contributed by atoms with E-state index in [0.717, 1.165) is 12.8 Å². The first-order valence-electron chi connectivity index (χ1n) is 7.00. The molecule has 0 aliphatic heterocycles. The van der Waals surface area contributed by atoms with Crippen LogP contribution in [0.25, 0.3) is 11.1 Å². The van der Waals surface area contributed by atoms with Gasteiger partial charge in [-0.15, -0.1) is 24.8 Å². The maximum absolute atomic E-state index is 4.09. The molecule has 1 aliphatic rings. The van der Waals surface area contributed by atoms with Crippen LogP contribution >= 0.6 is 24.8 Å². The summed E-state index contributed by atoms with van der Waals surface area (Å²) in [4.78, 5) is 4.09. The number of nitrogens with zero attached hydrogens (tertiary/aromatic N) is 1. The molecule has 1 aliphatic carbocycles. The van der Waals surface area contributed by atoms with Gasteiger partial charge >= 0.3 is 0 Å². The van der Waals surface area contributed by atoms with Gasteiger partial charge in [0.05, 0.1) is 0 Å². The Morgan fingerprint density at radius 3 is 2.32 bits per heavy atom. The molecule has 0 saturated heterocycles. The van der Waals surface area contributed by atoms with Crippen LogP contribution in [0, 0.1) is 0 Å². The molecule has 0 radical (unpaired) electrons. The van der Waals surface area contributed by atoms with Crippen LogP contribution in [-0.2, 0) is 12.8 Å². The Morgan fingerprint density at radius 2 is 1.50 bits per heavy atom. The number of pyridine rings is 1. The number of hydrogen-bond acceptors (Lipinski definition) is 1. The lowest BCUT2D eigenvalue weighted by atomic mass is 9.96. The molecule has 1 aromatic heterocycles. The van der Waals surface area contributed by atoms with Crippen LogP contribution in [-0.4, -0.2) is 4.98 Å². The summed E-state index contributed by atoms with van der Waals surface area (Å²) in [7, 11) is 0. The molecular weight excluding hydrogens is 313 g/mol. The molecule has 0 fully saturated rings. The molecule has 2 aromatic carbocycles. The van der Waals surface area contributed by atoms with Gasteiger partial charge in [0.1, 0.15) is 0 Å². The van der Waals surface area contributed by atoms with Gasteiger partial charge in [0.15, 0.2) is 0 Å². The first-order valence-corrected chi connectivity index (χ1v) is 7.00. The average molecular weight is 330 g/mol. The van der Waals surface area contributed by atoms with Crippen molar-refractivity contribution in [3.8, 4) is 11.1 Å². The smallest absolute Gasteiger partial charge is 0.0270 e. The van der Waals surface area contributed by atoms with Gasteiger partial charge < -0.3 is 0 Å². The van der Waals surface area contributed by atoms with Crippen LogP contribution in [0.15, 0.2) is 67.0 Å². The predicted molar refractivity (Wildman–Crippen MR) is 96.2 cm³/mol. The van der Waals surface area contributed by atoms with Gasteiger partial charge in [0.2, 0.25) is 0 Å². The topological polar surface area (TPSA) is 12.9 Å². The van der Waals surface area contributed by atoms with Crippen molar-refractivity contribution in [2.24, 2.45) is 0 Å². The summed E-state index contributed by atoms with van der Waals surface area (Å²) in [6, 6.07) is 19.6. The third-order valence-electron chi connectivity index (χ3n) is 4.09. The van der Waals surface area contributed by atoms with E-state index in [1.165, 1.54) is 33.4 Å². The highest BCUT2D eigenvalue weighted by molar-refractivity contribution is 5.85. The summed E-state index contributed by atoms with van der Waals surface area (Å²) >= 11 is 0. The van der Waals surface area contributed by atoms with Crippen LogP contribution in [0.1, 0.15) is 22.3 Å². The number of hydrogen-bond donors (Lipinski definition) is 0. The minimum atomic E-state index is 0. The lowest BCUT2D eigenvalue weighted by Crippen LogP contribution is -1.94. The van der Waals surface area contributed by atoms with Crippen LogP contribution < -0.4 is 0 Å². The molecular formula is C19H17Cl2N. The minimum absolute atomic E-state index is 0. The van der Waals surface area contributed by atoms with Crippen LogP contribution in [0.4, 0.5) is 0 Å². The molecule has 0 unspecified atom stereocenters. The third kappa shape index (κ3) is 2.87. The highest BCUT2D eigenvalue weighted by Gasteiger charge is 2.20. The van der Waals surface area contributed by atoms with Crippen molar-refractivity contribution in [3.05, 3.63) is 89.2 Å². The van der Waals surface area contributed by atoms with Crippen molar-refractivity contribution in [3.63, 3.8) is 0 Å². The van der Waals surface area contributed by atoms with E-state index in [0.29, 0.717) is 0 Å². The Morgan fingerprint density at radius 1 is 0.773 bits per heavy atom. The number of aromatic nitrogens is 1. The number of benzene rings is 2. The van der Waals surface area contributed by atoms with E-state index in [-0.39, 0.29) is 24.8 Å². The van der Waals surface area contributed by atoms with Gasteiger partial charge in [0.25, 0.3) is 0 Å². The fourth-order valence-corrected chi connectivity index (χ4v) is 3.11. The number of fused-ring (bicyclic) bond motifs is 3. The van der Waals surface area contributed by atoms with Gasteiger partial charge in [-0.25, -0.2) is 0 Å². The molecule has 0 amide bonds. The summed E-state index contributed by atoms with van der Waals surface area (Å²) in [6.07, 6.45) is 5.78. The molecule has 4 rings (SSSR count). The molecule has 1 heterocycles. The SMILES string of the molecule is Cl.Cl.c1ccc2c(c1)Cc1c(Cc3ccncc3)cccc1-2. The summed E-state index contributed by atoms with van der Waals surface area (Å²) in [5.41, 5.74) is 8.51. The first kappa shape index (κ1) is 16.5.